The van der Waals surface area contributed by atoms with E-state index in [-0.39, 0.29) is 12.5 Å². The molecule has 0 saturated carbocycles. The fourth-order valence-corrected chi connectivity index (χ4v) is 2.81. The number of benzene rings is 2. The third-order valence-electron chi connectivity index (χ3n) is 4.09. The van der Waals surface area contributed by atoms with E-state index < -0.39 is 0 Å². The summed E-state index contributed by atoms with van der Waals surface area (Å²) < 4.78 is 11.3. The molecule has 28 heavy (non-hydrogen) atoms. The summed E-state index contributed by atoms with van der Waals surface area (Å²) >= 11 is 0. The number of ether oxygens (including phenoxy) is 1. The first kappa shape index (κ1) is 17.7. The summed E-state index contributed by atoms with van der Waals surface area (Å²) in [5.74, 6) is 0.331. The molecule has 0 radical (unpaired) electrons. The van der Waals surface area contributed by atoms with Gasteiger partial charge in [0.1, 0.15) is 17.8 Å². The molecule has 2 aromatic carbocycles. The third-order valence-corrected chi connectivity index (χ3v) is 4.09. The van der Waals surface area contributed by atoms with E-state index >= 15 is 0 Å². The van der Waals surface area contributed by atoms with Crippen LogP contribution >= 0.6 is 0 Å². The molecule has 1 aliphatic heterocycles. The van der Waals surface area contributed by atoms with Gasteiger partial charge in [0.2, 0.25) is 11.8 Å². The molecule has 0 bridgehead atoms. The monoisotopic (exact) mass is 374 g/mol. The van der Waals surface area contributed by atoms with Crippen molar-refractivity contribution in [3.05, 3.63) is 72.0 Å². The van der Waals surface area contributed by atoms with Gasteiger partial charge in [-0.15, -0.1) is 0 Å². The number of amides is 1. The van der Waals surface area contributed by atoms with Crippen molar-refractivity contribution in [3.63, 3.8) is 0 Å². The lowest BCUT2D eigenvalue weighted by Gasteiger charge is -2.10. The number of oxazole rings is 1. The van der Waals surface area contributed by atoms with E-state index in [1.54, 1.807) is 36.6 Å². The summed E-state index contributed by atoms with van der Waals surface area (Å²) in [5.41, 5.74) is 5.21. The van der Waals surface area contributed by atoms with Crippen molar-refractivity contribution in [2.75, 3.05) is 11.9 Å². The summed E-state index contributed by atoms with van der Waals surface area (Å²) in [5, 5.41) is 11.3. The Bertz CT molecular complexity index is 1140. The minimum absolute atomic E-state index is 0.143. The minimum Gasteiger partial charge on any atom is -0.495 e. The van der Waals surface area contributed by atoms with E-state index in [2.05, 4.69) is 20.5 Å². The number of azo groups is 1. The number of anilines is 1. The van der Waals surface area contributed by atoms with Gasteiger partial charge in [-0.05, 0) is 48.9 Å². The third kappa shape index (κ3) is 3.83. The van der Waals surface area contributed by atoms with Gasteiger partial charge in [0, 0.05) is 12.6 Å². The fourth-order valence-electron chi connectivity index (χ4n) is 2.81. The number of aromatic nitrogens is 1. The first-order valence-electron chi connectivity index (χ1n) is 8.77. The van der Waals surface area contributed by atoms with Gasteiger partial charge in [0.15, 0.2) is 5.58 Å². The molecule has 1 aliphatic rings. The molecule has 0 aliphatic carbocycles. The Kier molecular flexibility index (Phi) is 4.72. The molecular weight excluding hydrogens is 356 g/mol. The number of aryl methyl sites for hydroxylation is 1. The van der Waals surface area contributed by atoms with Crippen molar-refractivity contribution in [1.29, 1.82) is 0 Å². The number of nitrogens with zero attached hydrogens (tertiary/aromatic N) is 3. The number of nitrogens with one attached hydrogen (secondary N) is 1. The normalized spacial score (nSPS) is 13.9. The second-order valence-electron chi connectivity index (χ2n) is 6.40. The number of carbonyl (C=O) groups is 1. The number of hydrogen-bond donors (Lipinski definition) is 1. The molecule has 7 heteroatoms. The predicted octanol–water partition coefficient (Wildman–Crippen LogP) is 5.13. The second kappa shape index (κ2) is 7.48. The van der Waals surface area contributed by atoms with E-state index in [4.69, 9.17) is 9.15 Å². The topological polar surface area (TPSA) is 89.1 Å². The predicted molar refractivity (Wildman–Crippen MR) is 106 cm³/mol. The van der Waals surface area contributed by atoms with Crippen molar-refractivity contribution in [3.8, 4) is 0 Å². The van der Waals surface area contributed by atoms with Crippen LogP contribution in [0.2, 0.25) is 0 Å². The van der Waals surface area contributed by atoms with Crippen molar-refractivity contribution in [2.45, 2.75) is 13.8 Å². The van der Waals surface area contributed by atoms with Crippen molar-refractivity contribution in [2.24, 2.45) is 10.2 Å². The van der Waals surface area contributed by atoms with Crippen LogP contribution < -0.4 is 5.32 Å². The van der Waals surface area contributed by atoms with Gasteiger partial charge < -0.3 is 14.5 Å². The zero-order valence-electron chi connectivity index (χ0n) is 15.5. The van der Waals surface area contributed by atoms with Gasteiger partial charge in [-0.3, -0.25) is 4.79 Å². The average molecular weight is 374 g/mol. The number of fused-ring (bicyclic) bond motifs is 1. The van der Waals surface area contributed by atoms with Gasteiger partial charge in [-0.1, -0.05) is 12.1 Å². The Labute approximate surface area is 161 Å². The number of carbonyl (C=O) groups excluding carboxylic acids is 1. The van der Waals surface area contributed by atoms with Crippen molar-refractivity contribution < 1.29 is 13.9 Å². The van der Waals surface area contributed by atoms with Gasteiger partial charge in [-0.25, -0.2) is 4.98 Å². The van der Waals surface area contributed by atoms with E-state index in [1.165, 1.54) is 6.92 Å². The second-order valence-corrected chi connectivity index (χ2v) is 6.40. The SMILES string of the molecule is CC(=O)Nc1cccc(N=NC2=C(c3nc4ccc(C)cc4o3)C=COC2)c1. The molecule has 2 heterocycles. The van der Waals surface area contributed by atoms with Crippen molar-refractivity contribution >= 4 is 34.0 Å². The zero-order chi connectivity index (χ0) is 19.5. The van der Waals surface area contributed by atoms with Crippen LogP contribution in [0, 0.1) is 6.92 Å². The molecule has 1 aromatic heterocycles. The standard InChI is InChI=1S/C21H18N4O3/c1-13-6-7-18-20(10-13)28-21(23-18)17-8-9-27-12-19(17)25-24-16-5-3-4-15(11-16)22-14(2)26/h3-11H,12H2,1-2H3,(H,22,26). The van der Waals surface area contributed by atoms with Crippen molar-refractivity contribution in [1.82, 2.24) is 4.98 Å². The average Bonchev–Trinajstić information content (AvgIpc) is 3.09. The molecule has 0 spiro atoms. The number of rotatable bonds is 4. The van der Waals surface area contributed by atoms with E-state index in [0.717, 1.165) is 22.2 Å². The first-order valence-corrected chi connectivity index (χ1v) is 8.77. The molecule has 140 valence electrons. The van der Waals surface area contributed by atoms with Gasteiger partial charge in [0.05, 0.1) is 17.5 Å². The lowest BCUT2D eigenvalue weighted by Crippen LogP contribution is -2.05. The summed E-state index contributed by atoms with van der Waals surface area (Å²) in [4.78, 5) is 15.8. The van der Waals surface area contributed by atoms with E-state index in [9.17, 15) is 4.79 Å². The summed E-state index contributed by atoms with van der Waals surface area (Å²) in [6.45, 7) is 3.72. The number of allylic oxidation sites excluding steroid dienone is 2. The molecule has 0 saturated heterocycles. The van der Waals surface area contributed by atoms with Gasteiger partial charge in [-0.2, -0.15) is 10.2 Å². The van der Waals surface area contributed by atoms with Crippen LogP contribution in [0.3, 0.4) is 0 Å². The molecule has 0 unspecified atom stereocenters. The maximum absolute atomic E-state index is 11.2. The maximum Gasteiger partial charge on any atom is 0.229 e. The Balaban J connectivity index is 1.67. The Morgan fingerprint density at radius 2 is 2.07 bits per heavy atom. The quantitative estimate of drug-likeness (QED) is 0.641. The highest BCUT2D eigenvalue weighted by atomic mass is 16.5. The van der Waals surface area contributed by atoms with Crippen LogP contribution in [0.1, 0.15) is 18.4 Å². The molecule has 3 aromatic rings. The van der Waals surface area contributed by atoms with Crippen LogP contribution in [0.25, 0.3) is 16.7 Å². The smallest absolute Gasteiger partial charge is 0.229 e. The Hall–Kier alpha value is -3.74. The molecule has 7 nitrogen and oxygen atoms in total. The minimum atomic E-state index is -0.143. The van der Waals surface area contributed by atoms with Crippen LogP contribution in [0.4, 0.5) is 11.4 Å². The molecular formula is C21H18N4O3. The summed E-state index contributed by atoms with van der Waals surface area (Å²) in [6.07, 6.45) is 3.36. The largest absolute Gasteiger partial charge is 0.495 e. The van der Waals surface area contributed by atoms with Crippen LogP contribution in [-0.2, 0) is 9.53 Å². The Morgan fingerprint density at radius 3 is 2.93 bits per heavy atom. The lowest BCUT2D eigenvalue weighted by molar-refractivity contribution is -0.114. The fraction of sp³-hybridized carbons (Fsp3) is 0.143. The van der Waals surface area contributed by atoms with Gasteiger partial charge in [0.25, 0.3) is 0 Å². The first-order chi connectivity index (χ1) is 13.6. The molecule has 0 fully saturated rings. The molecule has 1 N–H and O–H groups in total. The molecule has 0 atom stereocenters. The maximum atomic E-state index is 11.2. The summed E-state index contributed by atoms with van der Waals surface area (Å²) in [6, 6.07) is 13.0. The van der Waals surface area contributed by atoms with Crippen LogP contribution in [0.5, 0.6) is 0 Å². The van der Waals surface area contributed by atoms with Crippen LogP contribution in [-0.4, -0.2) is 17.5 Å². The van der Waals surface area contributed by atoms with E-state index in [1.807, 2.05) is 25.1 Å². The highest BCUT2D eigenvalue weighted by molar-refractivity contribution is 5.89. The Morgan fingerprint density at radius 1 is 1.18 bits per heavy atom. The van der Waals surface area contributed by atoms with Gasteiger partial charge >= 0.3 is 0 Å². The zero-order valence-corrected chi connectivity index (χ0v) is 15.5. The number of hydrogen-bond acceptors (Lipinski definition) is 6. The highest BCUT2D eigenvalue weighted by Gasteiger charge is 2.17. The lowest BCUT2D eigenvalue weighted by atomic mass is 10.2. The van der Waals surface area contributed by atoms with Crippen LogP contribution in [0.15, 0.2) is 75.1 Å². The molecule has 1 amide bonds. The van der Waals surface area contributed by atoms with E-state index in [0.29, 0.717) is 23.0 Å². The molecule has 4 rings (SSSR count). The highest BCUT2D eigenvalue weighted by Crippen LogP contribution is 2.29. The summed E-state index contributed by atoms with van der Waals surface area (Å²) in [7, 11) is 0.